The lowest BCUT2D eigenvalue weighted by Gasteiger charge is -2.38. The topological polar surface area (TPSA) is 142 Å². The number of aliphatic hydroxyl groups excluding tert-OH is 3. The second-order valence-electron chi connectivity index (χ2n) is 9.29. The maximum Gasteiger partial charge on any atom is 0.244 e. The first-order valence-corrected chi connectivity index (χ1v) is 12.3. The largest absolute Gasteiger partial charge is 0.393 e. The molecule has 1 aromatic rings. The van der Waals surface area contributed by atoms with Crippen molar-refractivity contribution in [3.63, 3.8) is 0 Å². The molecule has 0 aromatic carbocycles. The highest BCUT2D eigenvalue weighted by Crippen LogP contribution is 2.38. The van der Waals surface area contributed by atoms with Gasteiger partial charge in [-0.15, -0.1) is 0 Å². The zero-order chi connectivity index (χ0) is 25.0. The van der Waals surface area contributed by atoms with Gasteiger partial charge in [-0.1, -0.05) is 12.5 Å². The van der Waals surface area contributed by atoms with Crippen LogP contribution in [0.15, 0.2) is 34.6 Å². The van der Waals surface area contributed by atoms with Crippen molar-refractivity contribution >= 4 is 27.6 Å². The molecule has 0 spiro atoms. The molecule has 0 bridgehead atoms. The van der Waals surface area contributed by atoms with E-state index in [4.69, 9.17) is 9.47 Å². The third-order valence-electron chi connectivity index (χ3n) is 6.55. The third-order valence-corrected chi connectivity index (χ3v) is 7.02. The summed E-state index contributed by atoms with van der Waals surface area (Å²) in [5.41, 5.74) is 1.05. The molecule has 10 heteroatoms. The number of ketones is 1. The number of rotatable bonds is 10. The van der Waals surface area contributed by atoms with Crippen LogP contribution in [0.25, 0.3) is 0 Å². The first kappa shape index (κ1) is 26.9. The van der Waals surface area contributed by atoms with Crippen LogP contribution in [-0.4, -0.2) is 81.8 Å². The number of hydrogen-bond acceptors (Lipinski definition) is 8. The summed E-state index contributed by atoms with van der Waals surface area (Å²) in [6.45, 7) is 5.49. The van der Waals surface area contributed by atoms with E-state index in [2.05, 4.69) is 26.2 Å². The number of Topliss-reactive ketones (excluding diaryl/α,β-unsaturated/α-hetero) is 1. The van der Waals surface area contributed by atoms with Gasteiger partial charge in [0, 0.05) is 29.7 Å². The fraction of sp³-hybridized carbons (Fsp3) is 0.625. The number of nitrogens with one attached hydrogen (secondary N) is 1. The summed E-state index contributed by atoms with van der Waals surface area (Å²) in [7, 11) is 0. The molecule has 1 aromatic heterocycles. The Morgan fingerprint density at radius 2 is 2.00 bits per heavy atom. The van der Waals surface area contributed by atoms with E-state index in [9.17, 15) is 24.9 Å². The molecule has 34 heavy (non-hydrogen) atoms. The lowest BCUT2D eigenvalue weighted by Crippen LogP contribution is -2.50. The van der Waals surface area contributed by atoms with Gasteiger partial charge in [-0.2, -0.15) is 0 Å². The van der Waals surface area contributed by atoms with Gasteiger partial charge in [-0.05, 0) is 54.8 Å². The minimum atomic E-state index is -1.09. The molecule has 0 unspecified atom stereocenters. The van der Waals surface area contributed by atoms with Crippen molar-refractivity contribution in [3.05, 3.63) is 40.1 Å². The molecule has 0 saturated carbocycles. The molecule has 2 saturated heterocycles. The van der Waals surface area contributed by atoms with Gasteiger partial charge in [-0.25, -0.2) is 4.98 Å². The number of halogens is 1. The van der Waals surface area contributed by atoms with Crippen molar-refractivity contribution in [2.24, 2.45) is 11.8 Å². The summed E-state index contributed by atoms with van der Waals surface area (Å²) >= 11 is 3.20. The Hall–Kier alpha value is -1.69. The van der Waals surface area contributed by atoms with Gasteiger partial charge < -0.3 is 30.1 Å². The second-order valence-corrected chi connectivity index (χ2v) is 10.1. The number of carbonyl (C=O) groups excluding carboxylic acids is 2. The molecule has 0 radical (unpaired) electrons. The SMILES string of the molecule is C/C(=C\C(=O)NCC(=O)c1ccc(Br)nc1)C[C@@H]1OC[C@H](C[C@@H]2O[C@H]2[C@@H](C)[C@H](C)O)[C@@H](O)[C@H]1O. The number of carbonyl (C=O) groups is 2. The zero-order valence-corrected chi connectivity index (χ0v) is 21.1. The van der Waals surface area contributed by atoms with E-state index in [1.807, 2.05) is 6.92 Å². The lowest BCUT2D eigenvalue weighted by molar-refractivity contribution is -0.165. The van der Waals surface area contributed by atoms with Crippen molar-refractivity contribution in [2.75, 3.05) is 13.2 Å². The Kier molecular flexibility index (Phi) is 9.36. The molecule has 2 aliphatic rings. The fourth-order valence-corrected chi connectivity index (χ4v) is 4.41. The van der Waals surface area contributed by atoms with E-state index < -0.39 is 30.3 Å². The van der Waals surface area contributed by atoms with Gasteiger partial charge in [0.05, 0.1) is 43.7 Å². The maximum atomic E-state index is 12.2. The van der Waals surface area contributed by atoms with E-state index >= 15 is 0 Å². The molecular weight excluding hydrogens is 508 g/mol. The van der Waals surface area contributed by atoms with Crippen LogP contribution in [0.1, 0.15) is 44.0 Å². The summed E-state index contributed by atoms with van der Waals surface area (Å²) in [6, 6.07) is 3.27. The maximum absolute atomic E-state index is 12.2. The monoisotopic (exact) mass is 540 g/mol. The van der Waals surface area contributed by atoms with Crippen LogP contribution in [0.4, 0.5) is 0 Å². The van der Waals surface area contributed by atoms with E-state index in [1.54, 1.807) is 26.0 Å². The molecule has 9 nitrogen and oxygen atoms in total. The minimum Gasteiger partial charge on any atom is -0.393 e. The van der Waals surface area contributed by atoms with Gasteiger partial charge in [0.2, 0.25) is 5.91 Å². The second kappa shape index (κ2) is 11.8. The summed E-state index contributed by atoms with van der Waals surface area (Å²) in [4.78, 5) is 28.3. The van der Waals surface area contributed by atoms with Crippen LogP contribution >= 0.6 is 15.9 Å². The van der Waals surface area contributed by atoms with E-state index in [0.717, 1.165) is 0 Å². The molecule has 8 atom stereocenters. The number of aromatic nitrogens is 1. The highest BCUT2D eigenvalue weighted by atomic mass is 79.9. The van der Waals surface area contributed by atoms with Gasteiger partial charge in [0.1, 0.15) is 10.7 Å². The van der Waals surface area contributed by atoms with Crippen LogP contribution in [-0.2, 0) is 14.3 Å². The van der Waals surface area contributed by atoms with Crippen molar-refractivity contribution in [3.8, 4) is 0 Å². The van der Waals surface area contributed by atoms with Gasteiger partial charge in [0.25, 0.3) is 0 Å². The molecule has 4 N–H and O–H groups in total. The van der Waals surface area contributed by atoms with Crippen molar-refractivity contribution in [1.82, 2.24) is 10.3 Å². The minimum absolute atomic E-state index is 0.00471. The van der Waals surface area contributed by atoms with Crippen molar-refractivity contribution < 1.29 is 34.4 Å². The van der Waals surface area contributed by atoms with Gasteiger partial charge in [0.15, 0.2) is 5.78 Å². The Balaban J connectivity index is 1.43. The van der Waals surface area contributed by atoms with Crippen LogP contribution < -0.4 is 5.32 Å². The summed E-state index contributed by atoms with van der Waals surface area (Å²) < 4.78 is 12.1. The molecule has 2 fully saturated rings. The molecule has 188 valence electrons. The average molecular weight is 541 g/mol. The van der Waals surface area contributed by atoms with Gasteiger partial charge in [-0.3, -0.25) is 9.59 Å². The molecule has 3 rings (SSSR count). The number of aliphatic hydroxyl groups is 3. The average Bonchev–Trinajstić information content (AvgIpc) is 3.56. The number of amides is 1. The highest BCUT2D eigenvalue weighted by Gasteiger charge is 2.48. The number of ether oxygens (including phenoxy) is 2. The molecule has 2 aliphatic heterocycles. The standard InChI is InChI=1S/C24H33BrN2O7/c1-12(7-21(30)27-10-17(29)15-4-5-20(25)26-9-15)6-18-23(32)22(31)16(11-33-18)8-19-24(34-19)13(2)14(3)28/h4-5,7,9,13-14,16,18-19,22-24,28,31-32H,6,8,10-11H2,1-3H3,(H,27,30)/b12-7+/t13-,14-,16-,18-,19-,22+,23-,24-/m0/s1. The Morgan fingerprint density at radius 1 is 1.26 bits per heavy atom. The highest BCUT2D eigenvalue weighted by molar-refractivity contribution is 9.10. The number of hydrogen-bond donors (Lipinski definition) is 4. The van der Waals surface area contributed by atoms with Crippen LogP contribution in [0.3, 0.4) is 0 Å². The van der Waals surface area contributed by atoms with E-state index in [1.165, 1.54) is 12.3 Å². The summed E-state index contributed by atoms with van der Waals surface area (Å²) in [5.74, 6) is -0.952. The fourth-order valence-electron chi connectivity index (χ4n) is 4.17. The van der Waals surface area contributed by atoms with Crippen LogP contribution in [0.2, 0.25) is 0 Å². The van der Waals surface area contributed by atoms with E-state index in [-0.39, 0.29) is 49.4 Å². The Morgan fingerprint density at radius 3 is 2.65 bits per heavy atom. The first-order valence-electron chi connectivity index (χ1n) is 11.5. The zero-order valence-electron chi connectivity index (χ0n) is 19.6. The van der Waals surface area contributed by atoms with Crippen molar-refractivity contribution in [2.45, 2.75) is 70.2 Å². The van der Waals surface area contributed by atoms with Crippen LogP contribution in [0, 0.1) is 11.8 Å². The third kappa shape index (κ3) is 7.16. The normalized spacial score (nSPS) is 31.0. The van der Waals surface area contributed by atoms with Gasteiger partial charge >= 0.3 is 0 Å². The summed E-state index contributed by atoms with van der Waals surface area (Å²) in [6.07, 6.45) is 0.336. The molecular formula is C24H33BrN2O7. The van der Waals surface area contributed by atoms with Crippen molar-refractivity contribution in [1.29, 1.82) is 0 Å². The Labute approximate surface area is 207 Å². The predicted molar refractivity (Wildman–Crippen MR) is 127 cm³/mol. The number of pyridine rings is 1. The van der Waals surface area contributed by atoms with Crippen LogP contribution in [0.5, 0.6) is 0 Å². The predicted octanol–water partition coefficient (Wildman–Crippen LogP) is 1.39. The number of nitrogens with zero attached hydrogens (tertiary/aromatic N) is 1. The van der Waals surface area contributed by atoms with E-state index in [0.29, 0.717) is 22.2 Å². The Bertz CT molecular complexity index is 892. The number of epoxide rings is 1. The summed E-state index contributed by atoms with van der Waals surface area (Å²) in [5, 5.41) is 33.4. The quantitative estimate of drug-likeness (QED) is 0.151. The smallest absolute Gasteiger partial charge is 0.244 e. The first-order chi connectivity index (χ1) is 16.1. The molecule has 1 amide bonds. The molecule has 0 aliphatic carbocycles. The molecule has 3 heterocycles. The lowest BCUT2D eigenvalue weighted by atomic mass is 9.85.